The van der Waals surface area contributed by atoms with Crippen molar-refractivity contribution >= 4 is 23.0 Å². The Kier molecular flexibility index (Phi) is 2.78. The lowest BCUT2D eigenvalue weighted by Gasteiger charge is -2.34. The van der Waals surface area contributed by atoms with Crippen molar-refractivity contribution in [3.63, 3.8) is 0 Å². The summed E-state index contributed by atoms with van der Waals surface area (Å²) >= 11 is 0. The second-order valence-electron chi connectivity index (χ2n) is 5.19. The van der Waals surface area contributed by atoms with Gasteiger partial charge in [-0.3, -0.25) is 0 Å². The molecule has 1 aliphatic heterocycles. The van der Waals surface area contributed by atoms with Crippen molar-refractivity contribution in [3.05, 3.63) is 42.0 Å². The molecule has 4 heteroatoms. The van der Waals surface area contributed by atoms with Crippen LogP contribution in [0.15, 0.2) is 36.4 Å². The van der Waals surface area contributed by atoms with E-state index in [9.17, 15) is 0 Å². The summed E-state index contributed by atoms with van der Waals surface area (Å²) in [6.07, 6.45) is 1.11. The van der Waals surface area contributed by atoms with Gasteiger partial charge in [0.2, 0.25) is 0 Å². The lowest BCUT2D eigenvalue weighted by molar-refractivity contribution is 0.560. The Labute approximate surface area is 113 Å². The van der Waals surface area contributed by atoms with E-state index in [4.69, 9.17) is 11.5 Å². The first-order valence-electron chi connectivity index (χ1n) is 6.52. The van der Waals surface area contributed by atoms with E-state index in [0.29, 0.717) is 17.4 Å². The Bertz CT molecular complexity index is 609. The molecular formula is C15H18N4. The maximum absolute atomic E-state index is 5.82. The van der Waals surface area contributed by atoms with E-state index in [1.807, 2.05) is 12.1 Å². The van der Waals surface area contributed by atoms with Crippen LogP contribution in [-0.4, -0.2) is 11.5 Å². The van der Waals surface area contributed by atoms with Crippen LogP contribution >= 0.6 is 0 Å². The van der Waals surface area contributed by atoms with E-state index in [-0.39, 0.29) is 0 Å². The molecule has 2 heterocycles. The Morgan fingerprint density at radius 2 is 1.95 bits per heavy atom. The molecule has 0 saturated heterocycles. The van der Waals surface area contributed by atoms with Crippen LogP contribution in [0, 0.1) is 5.92 Å². The maximum Gasteiger partial charge on any atom is 0.149 e. The number of nitrogens with two attached hydrogens (primary N) is 2. The zero-order chi connectivity index (χ0) is 13.4. The predicted octanol–water partition coefficient (Wildman–Crippen LogP) is 2.58. The first kappa shape index (κ1) is 11.8. The Hall–Kier alpha value is -2.23. The van der Waals surface area contributed by atoms with Crippen molar-refractivity contribution in [2.45, 2.75) is 13.3 Å². The van der Waals surface area contributed by atoms with E-state index in [0.717, 1.165) is 18.8 Å². The van der Waals surface area contributed by atoms with Crippen molar-refractivity contribution in [2.75, 3.05) is 22.9 Å². The molecule has 4 nitrogen and oxygen atoms in total. The molecular weight excluding hydrogens is 236 g/mol. The van der Waals surface area contributed by atoms with Gasteiger partial charge in [0.25, 0.3) is 0 Å². The van der Waals surface area contributed by atoms with Gasteiger partial charge in [0.05, 0.1) is 5.69 Å². The number of hydrogen-bond acceptors (Lipinski definition) is 4. The third-order valence-corrected chi connectivity index (χ3v) is 3.56. The van der Waals surface area contributed by atoms with Gasteiger partial charge in [-0.05, 0) is 36.1 Å². The van der Waals surface area contributed by atoms with Crippen LogP contribution in [0.3, 0.4) is 0 Å². The summed E-state index contributed by atoms with van der Waals surface area (Å²) in [6.45, 7) is 3.21. The van der Waals surface area contributed by atoms with E-state index in [1.165, 1.54) is 11.3 Å². The molecule has 1 aromatic carbocycles. The Morgan fingerprint density at radius 3 is 2.74 bits per heavy atom. The number of nitrogen functional groups attached to an aromatic ring is 2. The summed E-state index contributed by atoms with van der Waals surface area (Å²) < 4.78 is 0. The maximum atomic E-state index is 5.82. The summed E-state index contributed by atoms with van der Waals surface area (Å²) in [6, 6.07) is 12.2. The van der Waals surface area contributed by atoms with Crippen LogP contribution in [0.5, 0.6) is 0 Å². The topological polar surface area (TPSA) is 68.2 Å². The summed E-state index contributed by atoms with van der Waals surface area (Å²) in [5, 5.41) is 0. The number of nitrogens with zero attached hydrogens (tertiary/aromatic N) is 2. The second kappa shape index (κ2) is 4.46. The van der Waals surface area contributed by atoms with Crippen LogP contribution in [0.25, 0.3) is 0 Å². The van der Waals surface area contributed by atoms with Gasteiger partial charge in [0, 0.05) is 12.2 Å². The van der Waals surface area contributed by atoms with Crippen molar-refractivity contribution in [3.8, 4) is 0 Å². The molecule has 98 valence electrons. The predicted molar refractivity (Wildman–Crippen MR) is 79.4 cm³/mol. The molecule has 0 aliphatic carbocycles. The molecule has 0 amide bonds. The highest BCUT2D eigenvalue weighted by Gasteiger charge is 2.23. The van der Waals surface area contributed by atoms with Crippen molar-refractivity contribution in [1.82, 2.24) is 4.98 Å². The third kappa shape index (κ3) is 2.10. The summed E-state index contributed by atoms with van der Waals surface area (Å²) in [5.41, 5.74) is 14.7. The quantitative estimate of drug-likeness (QED) is 0.820. The zero-order valence-corrected chi connectivity index (χ0v) is 11.0. The van der Waals surface area contributed by atoms with Gasteiger partial charge in [-0.15, -0.1) is 0 Å². The minimum absolute atomic E-state index is 0.396. The van der Waals surface area contributed by atoms with E-state index in [1.54, 1.807) is 0 Å². The summed E-state index contributed by atoms with van der Waals surface area (Å²) in [7, 11) is 0. The molecule has 4 N–H and O–H groups in total. The molecule has 1 unspecified atom stereocenters. The van der Waals surface area contributed by atoms with Gasteiger partial charge in [-0.1, -0.05) is 25.1 Å². The highest BCUT2D eigenvalue weighted by Crippen LogP contribution is 2.35. The number of para-hydroxylation sites is 1. The molecule has 0 bridgehead atoms. The fourth-order valence-corrected chi connectivity index (χ4v) is 2.64. The molecule has 1 aromatic heterocycles. The van der Waals surface area contributed by atoms with Crippen LogP contribution in [0.1, 0.15) is 12.5 Å². The van der Waals surface area contributed by atoms with E-state index in [2.05, 4.69) is 41.1 Å². The number of fused-ring (bicyclic) bond motifs is 1. The minimum Gasteiger partial charge on any atom is -0.396 e. The molecule has 2 aromatic rings. The monoisotopic (exact) mass is 254 g/mol. The molecule has 1 aliphatic rings. The van der Waals surface area contributed by atoms with E-state index < -0.39 is 0 Å². The SMILES string of the molecule is CC1Cc2ccccc2N(c2ccc(N)c(N)n2)C1. The van der Waals surface area contributed by atoms with Crippen molar-refractivity contribution in [2.24, 2.45) is 5.92 Å². The zero-order valence-electron chi connectivity index (χ0n) is 11.0. The van der Waals surface area contributed by atoms with E-state index >= 15 is 0 Å². The Balaban J connectivity index is 2.07. The minimum atomic E-state index is 0.396. The standard InChI is InChI=1S/C15H18N4/c1-10-8-11-4-2-3-5-13(11)19(9-10)14-7-6-12(16)15(17)18-14/h2-7,10H,8-9,16H2,1H3,(H2,17,18). The number of hydrogen-bond donors (Lipinski definition) is 2. The van der Waals surface area contributed by atoms with Crippen molar-refractivity contribution in [1.29, 1.82) is 0 Å². The number of benzene rings is 1. The smallest absolute Gasteiger partial charge is 0.149 e. The molecule has 1 atom stereocenters. The highest BCUT2D eigenvalue weighted by molar-refractivity contribution is 5.69. The van der Waals surface area contributed by atoms with Crippen LogP contribution < -0.4 is 16.4 Å². The highest BCUT2D eigenvalue weighted by atomic mass is 15.2. The molecule has 3 rings (SSSR count). The molecule has 0 radical (unpaired) electrons. The largest absolute Gasteiger partial charge is 0.396 e. The number of pyridine rings is 1. The second-order valence-corrected chi connectivity index (χ2v) is 5.19. The van der Waals surface area contributed by atoms with Crippen molar-refractivity contribution < 1.29 is 0 Å². The fraction of sp³-hybridized carbons (Fsp3) is 0.267. The van der Waals surface area contributed by atoms with Crippen LogP contribution in [0.2, 0.25) is 0 Å². The van der Waals surface area contributed by atoms with Crippen LogP contribution in [-0.2, 0) is 6.42 Å². The summed E-state index contributed by atoms with van der Waals surface area (Å²) in [4.78, 5) is 6.63. The van der Waals surface area contributed by atoms with Gasteiger partial charge in [0.1, 0.15) is 11.6 Å². The Morgan fingerprint density at radius 1 is 1.16 bits per heavy atom. The molecule has 0 saturated carbocycles. The van der Waals surface area contributed by atoms with Gasteiger partial charge in [-0.2, -0.15) is 0 Å². The van der Waals surface area contributed by atoms with Gasteiger partial charge >= 0.3 is 0 Å². The number of aromatic nitrogens is 1. The molecule has 19 heavy (non-hydrogen) atoms. The third-order valence-electron chi connectivity index (χ3n) is 3.56. The normalized spacial score (nSPS) is 18.2. The average Bonchev–Trinajstić information content (AvgIpc) is 2.41. The van der Waals surface area contributed by atoms with Gasteiger partial charge < -0.3 is 16.4 Å². The van der Waals surface area contributed by atoms with Gasteiger partial charge in [0.15, 0.2) is 0 Å². The van der Waals surface area contributed by atoms with Crippen LogP contribution in [0.4, 0.5) is 23.0 Å². The lowest BCUT2D eigenvalue weighted by Crippen LogP contribution is -2.31. The average molecular weight is 254 g/mol. The van der Waals surface area contributed by atoms with Gasteiger partial charge in [-0.25, -0.2) is 4.98 Å². The molecule has 0 spiro atoms. The lowest BCUT2D eigenvalue weighted by atomic mass is 9.94. The number of anilines is 4. The molecule has 0 fully saturated rings. The summed E-state index contributed by atoms with van der Waals surface area (Å²) in [5.74, 6) is 1.86. The first-order valence-corrected chi connectivity index (χ1v) is 6.52. The number of rotatable bonds is 1. The fourth-order valence-electron chi connectivity index (χ4n) is 2.64. The first-order chi connectivity index (χ1) is 9.15.